The maximum atomic E-state index is 12.6. The molecular formula is C21H20F3N5O2. The van der Waals surface area contributed by atoms with Crippen molar-refractivity contribution in [3.8, 4) is 11.4 Å². The summed E-state index contributed by atoms with van der Waals surface area (Å²) in [4.78, 5) is 19.9. The molecule has 162 valence electrons. The maximum absolute atomic E-state index is 12.6. The summed E-state index contributed by atoms with van der Waals surface area (Å²) in [7, 11) is 3.35. The van der Waals surface area contributed by atoms with Crippen molar-refractivity contribution in [3.05, 3.63) is 65.6 Å². The molecule has 0 fully saturated rings. The predicted octanol–water partition coefficient (Wildman–Crippen LogP) is 3.43. The van der Waals surface area contributed by atoms with Gasteiger partial charge in [0.1, 0.15) is 17.3 Å². The van der Waals surface area contributed by atoms with Crippen molar-refractivity contribution >= 4 is 11.7 Å². The lowest BCUT2D eigenvalue weighted by molar-refractivity contribution is -0.153. The second-order valence-electron chi connectivity index (χ2n) is 7.36. The molecule has 0 atom stereocenters. The lowest BCUT2D eigenvalue weighted by Crippen LogP contribution is -2.22. The summed E-state index contributed by atoms with van der Waals surface area (Å²) >= 11 is 0. The van der Waals surface area contributed by atoms with Crippen LogP contribution in [0.25, 0.3) is 5.69 Å². The van der Waals surface area contributed by atoms with Crippen molar-refractivity contribution in [2.45, 2.75) is 19.3 Å². The van der Waals surface area contributed by atoms with Gasteiger partial charge in [-0.05, 0) is 24.3 Å². The van der Waals surface area contributed by atoms with Crippen LogP contribution in [-0.2, 0) is 13.1 Å². The van der Waals surface area contributed by atoms with Gasteiger partial charge in [0.25, 0.3) is 5.91 Å². The molecule has 0 N–H and O–H groups in total. The molecule has 3 aromatic rings. The number of nitrogens with zero attached hydrogens (tertiary/aromatic N) is 5. The number of hydrogen-bond donors (Lipinski definition) is 0. The molecule has 1 amide bonds. The van der Waals surface area contributed by atoms with Gasteiger partial charge in [-0.25, -0.2) is 9.67 Å². The van der Waals surface area contributed by atoms with Crippen molar-refractivity contribution < 1.29 is 22.7 Å². The van der Waals surface area contributed by atoms with E-state index in [1.807, 2.05) is 4.90 Å². The fourth-order valence-electron chi connectivity index (χ4n) is 3.39. The lowest BCUT2D eigenvalue weighted by Gasteiger charge is -2.18. The Morgan fingerprint density at radius 3 is 2.58 bits per heavy atom. The SMILES string of the molecule is CN(C)C(=O)c1ccc(N2Cc3cnn(-c4ccccc4OCC(F)(F)F)c3C2)nc1. The number of anilines is 1. The van der Waals surface area contributed by atoms with E-state index in [0.717, 1.165) is 11.3 Å². The number of aromatic nitrogens is 3. The first kappa shape index (κ1) is 20.7. The number of alkyl halides is 3. The molecule has 31 heavy (non-hydrogen) atoms. The first-order valence-electron chi connectivity index (χ1n) is 9.50. The van der Waals surface area contributed by atoms with Crippen LogP contribution in [0.1, 0.15) is 21.6 Å². The summed E-state index contributed by atoms with van der Waals surface area (Å²) in [5.74, 6) is 0.670. The average molecular weight is 431 g/mol. The molecule has 0 saturated carbocycles. The largest absolute Gasteiger partial charge is 0.482 e. The minimum absolute atomic E-state index is 0.105. The summed E-state index contributed by atoms with van der Waals surface area (Å²) in [6.07, 6.45) is -1.20. The topological polar surface area (TPSA) is 63.5 Å². The van der Waals surface area contributed by atoms with Gasteiger partial charge in [0, 0.05) is 32.4 Å². The Labute approximate surface area is 176 Å². The van der Waals surface area contributed by atoms with Crippen LogP contribution >= 0.6 is 0 Å². The molecule has 0 unspecified atom stereocenters. The molecule has 4 rings (SSSR count). The smallest absolute Gasteiger partial charge is 0.422 e. The Bertz CT molecular complexity index is 1090. The van der Waals surface area contributed by atoms with Crippen molar-refractivity contribution in [1.29, 1.82) is 0 Å². The van der Waals surface area contributed by atoms with Crippen LogP contribution in [0.3, 0.4) is 0 Å². The van der Waals surface area contributed by atoms with Crippen molar-refractivity contribution in [1.82, 2.24) is 19.7 Å². The van der Waals surface area contributed by atoms with Gasteiger partial charge in [0.05, 0.1) is 24.0 Å². The van der Waals surface area contributed by atoms with E-state index in [4.69, 9.17) is 4.74 Å². The zero-order valence-electron chi connectivity index (χ0n) is 16.9. The van der Waals surface area contributed by atoms with E-state index in [9.17, 15) is 18.0 Å². The van der Waals surface area contributed by atoms with Gasteiger partial charge in [0.15, 0.2) is 6.61 Å². The van der Waals surface area contributed by atoms with E-state index in [0.29, 0.717) is 30.2 Å². The molecule has 0 radical (unpaired) electrons. The van der Waals surface area contributed by atoms with Crippen LogP contribution in [0, 0.1) is 0 Å². The van der Waals surface area contributed by atoms with Crippen LogP contribution in [-0.4, -0.2) is 52.5 Å². The summed E-state index contributed by atoms with van der Waals surface area (Å²) in [6.45, 7) is -0.354. The zero-order chi connectivity index (χ0) is 22.2. The fraction of sp³-hybridized carbons (Fsp3) is 0.286. The number of hydrogen-bond acceptors (Lipinski definition) is 5. The number of benzene rings is 1. The molecule has 0 saturated heterocycles. The maximum Gasteiger partial charge on any atom is 0.422 e. The van der Waals surface area contributed by atoms with Gasteiger partial charge in [-0.1, -0.05) is 12.1 Å². The molecular weight excluding hydrogens is 411 g/mol. The fourth-order valence-corrected chi connectivity index (χ4v) is 3.39. The Morgan fingerprint density at radius 1 is 1.13 bits per heavy atom. The summed E-state index contributed by atoms with van der Waals surface area (Å²) in [5.41, 5.74) is 2.72. The average Bonchev–Trinajstić information content (AvgIpc) is 3.32. The molecule has 7 nitrogen and oxygen atoms in total. The Kier molecular flexibility index (Phi) is 5.30. The lowest BCUT2D eigenvalue weighted by atomic mass is 10.2. The number of halogens is 3. The third-order valence-corrected chi connectivity index (χ3v) is 4.87. The monoisotopic (exact) mass is 431 g/mol. The molecule has 1 aliphatic rings. The van der Waals surface area contributed by atoms with Crippen molar-refractivity contribution in [3.63, 3.8) is 0 Å². The highest BCUT2D eigenvalue weighted by Crippen LogP contribution is 2.32. The summed E-state index contributed by atoms with van der Waals surface area (Å²) in [6, 6.07) is 10.00. The van der Waals surface area contributed by atoms with Gasteiger partial charge in [-0.15, -0.1) is 0 Å². The second kappa shape index (κ2) is 7.93. The highest BCUT2D eigenvalue weighted by Gasteiger charge is 2.30. The van der Waals surface area contributed by atoms with Crippen LogP contribution in [0.5, 0.6) is 5.75 Å². The van der Waals surface area contributed by atoms with E-state index in [-0.39, 0.29) is 11.7 Å². The number of para-hydroxylation sites is 2. The molecule has 1 aliphatic heterocycles. The van der Waals surface area contributed by atoms with Crippen molar-refractivity contribution in [2.24, 2.45) is 0 Å². The molecule has 0 spiro atoms. The molecule has 1 aromatic carbocycles. The minimum atomic E-state index is -4.43. The standard InChI is InChI=1S/C21H20F3N5O2/c1-27(2)20(30)14-7-8-19(25-9-14)28-11-15-10-26-29(17(15)12-28)16-5-3-4-6-18(16)31-13-21(22,23)24/h3-10H,11-13H2,1-2H3. The molecule has 2 aromatic heterocycles. The second-order valence-corrected chi connectivity index (χ2v) is 7.36. The quantitative estimate of drug-likeness (QED) is 0.620. The number of carbonyl (C=O) groups excluding carboxylic acids is 1. The Morgan fingerprint density at radius 2 is 1.90 bits per heavy atom. The van der Waals surface area contributed by atoms with Crippen molar-refractivity contribution in [2.75, 3.05) is 25.6 Å². The van der Waals surface area contributed by atoms with Gasteiger partial charge in [0.2, 0.25) is 0 Å². The highest BCUT2D eigenvalue weighted by molar-refractivity contribution is 5.93. The predicted molar refractivity (Wildman–Crippen MR) is 107 cm³/mol. The third-order valence-electron chi connectivity index (χ3n) is 4.87. The minimum Gasteiger partial charge on any atom is -0.482 e. The van der Waals surface area contributed by atoms with E-state index in [1.165, 1.54) is 17.2 Å². The highest BCUT2D eigenvalue weighted by atomic mass is 19.4. The van der Waals surface area contributed by atoms with Gasteiger partial charge < -0.3 is 14.5 Å². The zero-order valence-corrected chi connectivity index (χ0v) is 16.9. The Hall–Kier alpha value is -3.56. The number of rotatable bonds is 5. The first-order chi connectivity index (χ1) is 14.7. The number of fused-ring (bicyclic) bond motifs is 1. The summed E-state index contributed by atoms with van der Waals surface area (Å²) < 4.78 is 44.4. The number of carbonyl (C=O) groups is 1. The van der Waals surface area contributed by atoms with E-state index in [1.54, 1.807) is 55.3 Å². The van der Waals surface area contributed by atoms with E-state index in [2.05, 4.69) is 10.1 Å². The number of pyridine rings is 1. The molecule has 3 heterocycles. The van der Waals surface area contributed by atoms with Gasteiger partial charge in [-0.2, -0.15) is 18.3 Å². The number of amides is 1. The molecule has 10 heteroatoms. The van der Waals surface area contributed by atoms with Crippen LogP contribution in [0.2, 0.25) is 0 Å². The normalized spacial score (nSPS) is 13.3. The van der Waals surface area contributed by atoms with E-state index < -0.39 is 12.8 Å². The number of ether oxygens (including phenoxy) is 1. The van der Waals surface area contributed by atoms with Crippen LogP contribution in [0.15, 0.2) is 48.8 Å². The summed E-state index contributed by atoms with van der Waals surface area (Å²) in [5, 5.41) is 4.36. The van der Waals surface area contributed by atoms with E-state index >= 15 is 0 Å². The van der Waals surface area contributed by atoms with Gasteiger partial charge >= 0.3 is 6.18 Å². The van der Waals surface area contributed by atoms with Crippen LogP contribution in [0.4, 0.5) is 19.0 Å². The third kappa shape index (κ3) is 4.32. The van der Waals surface area contributed by atoms with Crippen LogP contribution < -0.4 is 9.64 Å². The molecule has 0 aliphatic carbocycles. The molecule has 0 bridgehead atoms. The van der Waals surface area contributed by atoms with Gasteiger partial charge in [-0.3, -0.25) is 4.79 Å². The Balaban J connectivity index is 1.56. The first-order valence-corrected chi connectivity index (χ1v) is 9.50.